The molecule has 2 aromatic rings. The van der Waals surface area contributed by atoms with Crippen molar-refractivity contribution >= 4 is 17.3 Å². The molecule has 106 valence electrons. The van der Waals surface area contributed by atoms with E-state index in [-0.39, 0.29) is 6.42 Å². The average Bonchev–Trinajstić information content (AvgIpc) is 2.42. The van der Waals surface area contributed by atoms with Crippen LogP contribution in [0.15, 0.2) is 36.4 Å². The van der Waals surface area contributed by atoms with Crippen LogP contribution in [0.1, 0.15) is 17.2 Å². The predicted molar refractivity (Wildman–Crippen MR) is 76.0 cm³/mol. The summed E-state index contributed by atoms with van der Waals surface area (Å²) in [4.78, 5) is 0. The van der Waals surface area contributed by atoms with E-state index in [1.807, 2.05) is 0 Å². The molecule has 2 rings (SSSR count). The number of nitrogens with two attached hydrogens (primary N) is 2. The van der Waals surface area contributed by atoms with Crippen molar-refractivity contribution in [1.82, 2.24) is 5.43 Å². The fourth-order valence-corrected chi connectivity index (χ4v) is 2.22. The molecule has 6 heteroatoms. The summed E-state index contributed by atoms with van der Waals surface area (Å²) in [6, 6.07) is 7.72. The van der Waals surface area contributed by atoms with E-state index in [1.165, 1.54) is 36.4 Å². The second-order valence-electron chi connectivity index (χ2n) is 4.43. The summed E-state index contributed by atoms with van der Waals surface area (Å²) in [7, 11) is 0. The quantitative estimate of drug-likeness (QED) is 0.462. The van der Waals surface area contributed by atoms with Gasteiger partial charge in [0.05, 0.1) is 6.04 Å². The number of hydrogen-bond acceptors (Lipinski definition) is 3. The van der Waals surface area contributed by atoms with Crippen molar-refractivity contribution < 1.29 is 8.78 Å². The van der Waals surface area contributed by atoms with Crippen LogP contribution >= 0.6 is 11.6 Å². The van der Waals surface area contributed by atoms with Gasteiger partial charge in [0.25, 0.3) is 0 Å². The lowest BCUT2D eigenvalue weighted by Crippen LogP contribution is -2.30. The number of halogens is 3. The second kappa shape index (κ2) is 6.17. The average molecular weight is 298 g/mol. The number of hydrazine groups is 1. The Morgan fingerprint density at radius 2 is 1.90 bits per heavy atom. The first-order valence-corrected chi connectivity index (χ1v) is 6.34. The van der Waals surface area contributed by atoms with Crippen molar-refractivity contribution in [3.8, 4) is 0 Å². The Bertz CT molecular complexity index is 619. The summed E-state index contributed by atoms with van der Waals surface area (Å²) in [5.41, 5.74) is 9.57. The fourth-order valence-electron chi connectivity index (χ4n) is 2.03. The third-order valence-corrected chi connectivity index (χ3v) is 3.29. The number of hydrogen-bond donors (Lipinski definition) is 3. The molecule has 0 aliphatic heterocycles. The topological polar surface area (TPSA) is 64.1 Å². The summed E-state index contributed by atoms with van der Waals surface area (Å²) in [6.45, 7) is 0. The Kier molecular flexibility index (Phi) is 4.54. The third kappa shape index (κ3) is 3.25. The first kappa shape index (κ1) is 14.7. The summed E-state index contributed by atoms with van der Waals surface area (Å²) in [6.07, 6.45) is 0.205. The monoisotopic (exact) mass is 297 g/mol. The minimum absolute atomic E-state index is 0.205. The van der Waals surface area contributed by atoms with E-state index in [0.717, 1.165) is 0 Å². The third-order valence-electron chi connectivity index (χ3n) is 3.06. The smallest absolute Gasteiger partial charge is 0.126 e. The Morgan fingerprint density at radius 3 is 2.60 bits per heavy atom. The van der Waals surface area contributed by atoms with E-state index in [2.05, 4.69) is 5.43 Å². The van der Waals surface area contributed by atoms with E-state index < -0.39 is 17.7 Å². The van der Waals surface area contributed by atoms with Crippen LogP contribution in [0.3, 0.4) is 0 Å². The molecule has 0 bridgehead atoms. The number of rotatable bonds is 4. The van der Waals surface area contributed by atoms with Crippen molar-refractivity contribution in [3.05, 3.63) is 64.2 Å². The summed E-state index contributed by atoms with van der Waals surface area (Å²) < 4.78 is 27.0. The maximum absolute atomic E-state index is 13.7. The number of benzene rings is 2. The Morgan fingerprint density at radius 1 is 1.15 bits per heavy atom. The largest absolute Gasteiger partial charge is 0.398 e. The van der Waals surface area contributed by atoms with Gasteiger partial charge in [-0.25, -0.2) is 8.78 Å². The summed E-state index contributed by atoms with van der Waals surface area (Å²) in [5, 5.41) is 0.421. The highest BCUT2D eigenvalue weighted by Crippen LogP contribution is 2.26. The SMILES string of the molecule is NNC(Cc1cc(Cl)ccc1F)c1cc(F)ccc1N. The zero-order chi connectivity index (χ0) is 14.7. The van der Waals surface area contributed by atoms with Crippen LogP contribution in [0.2, 0.25) is 5.02 Å². The van der Waals surface area contributed by atoms with Crippen LogP contribution in [0.25, 0.3) is 0 Å². The molecular formula is C14H14ClF2N3. The molecule has 0 heterocycles. The van der Waals surface area contributed by atoms with Crippen molar-refractivity contribution in [3.63, 3.8) is 0 Å². The van der Waals surface area contributed by atoms with Gasteiger partial charge < -0.3 is 5.73 Å². The van der Waals surface area contributed by atoms with Crippen LogP contribution in [-0.4, -0.2) is 0 Å². The van der Waals surface area contributed by atoms with Crippen molar-refractivity contribution in [2.75, 3.05) is 5.73 Å². The fraction of sp³-hybridized carbons (Fsp3) is 0.143. The molecule has 0 amide bonds. The Labute approximate surface area is 120 Å². The van der Waals surface area contributed by atoms with Crippen LogP contribution in [-0.2, 0) is 6.42 Å². The van der Waals surface area contributed by atoms with Gasteiger partial charge in [-0.3, -0.25) is 11.3 Å². The molecule has 0 spiro atoms. The molecule has 0 radical (unpaired) electrons. The van der Waals surface area contributed by atoms with Crippen molar-refractivity contribution in [2.24, 2.45) is 5.84 Å². The Hall–Kier alpha value is -1.69. The van der Waals surface area contributed by atoms with Gasteiger partial charge in [0, 0.05) is 10.7 Å². The molecule has 0 aliphatic carbocycles. The van der Waals surface area contributed by atoms with Crippen LogP contribution in [0.4, 0.5) is 14.5 Å². The number of anilines is 1. The van der Waals surface area contributed by atoms with E-state index in [1.54, 1.807) is 0 Å². The first-order chi connectivity index (χ1) is 9.51. The molecule has 0 fully saturated rings. The van der Waals surface area contributed by atoms with E-state index >= 15 is 0 Å². The highest BCUT2D eigenvalue weighted by atomic mass is 35.5. The standard InChI is InChI=1S/C14H14ClF2N3/c15-9-1-3-12(17)8(5-9)6-14(20-19)11-7-10(16)2-4-13(11)18/h1-5,7,14,20H,6,18-19H2. The van der Waals surface area contributed by atoms with Crippen LogP contribution < -0.4 is 17.0 Å². The van der Waals surface area contributed by atoms with Crippen molar-refractivity contribution in [2.45, 2.75) is 12.5 Å². The number of nitrogens with one attached hydrogen (secondary N) is 1. The number of nitrogen functional groups attached to an aromatic ring is 1. The maximum atomic E-state index is 13.7. The molecular weight excluding hydrogens is 284 g/mol. The highest BCUT2D eigenvalue weighted by molar-refractivity contribution is 6.30. The lowest BCUT2D eigenvalue weighted by molar-refractivity contribution is 0.526. The Balaban J connectivity index is 2.33. The summed E-state index contributed by atoms with van der Waals surface area (Å²) in [5.74, 6) is 4.65. The molecule has 0 aliphatic rings. The molecule has 0 saturated carbocycles. The molecule has 5 N–H and O–H groups in total. The molecule has 1 atom stereocenters. The van der Waals surface area contributed by atoms with Gasteiger partial charge in [0.2, 0.25) is 0 Å². The lowest BCUT2D eigenvalue weighted by atomic mass is 9.97. The van der Waals surface area contributed by atoms with Gasteiger partial charge in [-0.2, -0.15) is 0 Å². The van der Waals surface area contributed by atoms with Gasteiger partial charge in [-0.1, -0.05) is 11.6 Å². The van der Waals surface area contributed by atoms with E-state index in [0.29, 0.717) is 21.8 Å². The van der Waals surface area contributed by atoms with Gasteiger partial charge in [-0.15, -0.1) is 0 Å². The van der Waals surface area contributed by atoms with E-state index in [4.69, 9.17) is 23.2 Å². The molecule has 1 unspecified atom stereocenters. The zero-order valence-corrected chi connectivity index (χ0v) is 11.3. The first-order valence-electron chi connectivity index (χ1n) is 5.96. The lowest BCUT2D eigenvalue weighted by Gasteiger charge is -2.19. The van der Waals surface area contributed by atoms with Crippen LogP contribution in [0, 0.1) is 11.6 Å². The summed E-state index contributed by atoms with van der Waals surface area (Å²) >= 11 is 5.84. The normalized spacial score (nSPS) is 12.4. The highest BCUT2D eigenvalue weighted by Gasteiger charge is 2.16. The van der Waals surface area contributed by atoms with Gasteiger partial charge in [0.15, 0.2) is 0 Å². The van der Waals surface area contributed by atoms with Gasteiger partial charge in [-0.05, 0) is 53.9 Å². The minimum Gasteiger partial charge on any atom is -0.398 e. The van der Waals surface area contributed by atoms with Gasteiger partial charge in [0.1, 0.15) is 11.6 Å². The molecule has 20 heavy (non-hydrogen) atoms. The molecule has 2 aromatic carbocycles. The second-order valence-corrected chi connectivity index (χ2v) is 4.87. The van der Waals surface area contributed by atoms with Gasteiger partial charge >= 0.3 is 0 Å². The van der Waals surface area contributed by atoms with E-state index in [9.17, 15) is 8.78 Å². The minimum atomic E-state index is -0.515. The zero-order valence-electron chi connectivity index (χ0n) is 10.5. The molecule has 0 aromatic heterocycles. The molecule has 3 nitrogen and oxygen atoms in total. The van der Waals surface area contributed by atoms with Crippen molar-refractivity contribution in [1.29, 1.82) is 0 Å². The van der Waals surface area contributed by atoms with Crippen LogP contribution in [0.5, 0.6) is 0 Å². The maximum Gasteiger partial charge on any atom is 0.126 e. The molecule has 0 saturated heterocycles. The predicted octanol–water partition coefficient (Wildman–Crippen LogP) is 2.95.